The van der Waals surface area contributed by atoms with E-state index in [0.717, 1.165) is 30.7 Å². The minimum atomic E-state index is 0.129. The minimum absolute atomic E-state index is 0.129. The van der Waals surface area contributed by atoms with Crippen molar-refractivity contribution < 1.29 is 9.21 Å². The third-order valence-electron chi connectivity index (χ3n) is 4.66. The summed E-state index contributed by atoms with van der Waals surface area (Å²) in [6, 6.07) is 12.2. The molecule has 140 valence electrons. The molecule has 4 rings (SSSR count). The van der Waals surface area contributed by atoms with Crippen LogP contribution >= 0.6 is 23.1 Å². The van der Waals surface area contributed by atoms with Crippen LogP contribution in [-0.4, -0.2) is 39.8 Å². The Morgan fingerprint density at radius 2 is 2.15 bits per heavy atom. The Hall–Kier alpha value is -2.12. The van der Waals surface area contributed by atoms with Gasteiger partial charge < -0.3 is 9.32 Å². The molecule has 0 saturated carbocycles. The third kappa shape index (κ3) is 4.59. The quantitative estimate of drug-likeness (QED) is 0.563. The number of likely N-dealkylation sites (tertiary alicyclic amines) is 1. The van der Waals surface area contributed by atoms with E-state index >= 15 is 0 Å². The van der Waals surface area contributed by atoms with Gasteiger partial charge in [-0.05, 0) is 36.4 Å². The van der Waals surface area contributed by atoms with Crippen LogP contribution in [0.1, 0.15) is 31.1 Å². The molecule has 1 fully saturated rings. The number of aromatic nitrogens is 2. The molecular weight excluding hydrogens is 378 g/mol. The van der Waals surface area contributed by atoms with E-state index < -0.39 is 0 Å². The summed E-state index contributed by atoms with van der Waals surface area (Å²) in [6.45, 7) is 1.48. The number of piperidine rings is 1. The first-order valence-corrected chi connectivity index (χ1v) is 11.0. The van der Waals surface area contributed by atoms with Crippen LogP contribution < -0.4 is 0 Å². The molecule has 0 radical (unpaired) electrons. The van der Waals surface area contributed by atoms with Gasteiger partial charge in [-0.3, -0.25) is 4.79 Å². The molecule has 1 amide bonds. The van der Waals surface area contributed by atoms with Gasteiger partial charge in [0, 0.05) is 41.1 Å². The van der Waals surface area contributed by atoms with Crippen LogP contribution in [0.2, 0.25) is 0 Å². The zero-order valence-corrected chi connectivity index (χ0v) is 16.5. The molecule has 5 nitrogen and oxygen atoms in total. The smallest absolute Gasteiger partial charge is 0.248 e. The maximum absolute atomic E-state index is 12.6. The van der Waals surface area contributed by atoms with Crippen LogP contribution in [0.15, 0.2) is 56.5 Å². The summed E-state index contributed by atoms with van der Waals surface area (Å²) in [4.78, 5) is 15.8. The van der Waals surface area contributed by atoms with Crippen molar-refractivity contribution >= 4 is 29.0 Å². The van der Waals surface area contributed by atoms with Crippen molar-refractivity contribution in [2.45, 2.75) is 30.1 Å². The largest absolute Gasteiger partial charge is 0.420 e. The molecule has 2 aromatic heterocycles. The van der Waals surface area contributed by atoms with Crippen molar-refractivity contribution in [2.75, 3.05) is 18.8 Å². The first-order chi connectivity index (χ1) is 13.3. The van der Waals surface area contributed by atoms with E-state index in [2.05, 4.69) is 22.3 Å². The number of carbonyl (C=O) groups excluding carboxylic acids is 1. The fourth-order valence-electron chi connectivity index (χ4n) is 3.24. The lowest BCUT2D eigenvalue weighted by molar-refractivity contribution is -0.132. The predicted molar refractivity (Wildman–Crippen MR) is 108 cm³/mol. The second-order valence-electron chi connectivity index (χ2n) is 6.55. The molecule has 1 aromatic carbocycles. The van der Waals surface area contributed by atoms with E-state index in [1.807, 2.05) is 39.9 Å². The number of hydrogen-bond acceptors (Lipinski definition) is 6. The van der Waals surface area contributed by atoms with Crippen molar-refractivity contribution in [3.8, 4) is 11.5 Å². The molecule has 1 unspecified atom stereocenters. The van der Waals surface area contributed by atoms with Crippen molar-refractivity contribution in [3.05, 3.63) is 53.0 Å². The summed E-state index contributed by atoms with van der Waals surface area (Å²) < 4.78 is 5.88. The maximum atomic E-state index is 12.6. The number of rotatable bonds is 6. The number of carbonyl (C=O) groups is 1. The van der Waals surface area contributed by atoms with Gasteiger partial charge in [0.1, 0.15) is 0 Å². The van der Waals surface area contributed by atoms with Gasteiger partial charge in [-0.1, -0.05) is 18.2 Å². The maximum Gasteiger partial charge on any atom is 0.248 e. The van der Waals surface area contributed by atoms with Crippen LogP contribution in [0.3, 0.4) is 0 Å². The summed E-state index contributed by atoms with van der Waals surface area (Å²) in [5.74, 6) is 2.35. The van der Waals surface area contributed by atoms with Gasteiger partial charge in [0.15, 0.2) is 0 Å². The highest BCUT2D eigenvalue weighted by Gasteiger charge is 2.28. The standard InChI is InChI=1S/C20H21N3O2S2/c24-18(9-12-27-17-6-2-1-3-7-17)23-10-4-5-15(13-23)19-21-22-20(25-19)16-8-11-26-14-16/h1-3,6-8,11,14-15H,4-5,9-10,12-13H2. The molecule has 0 bridgehead atoms. The van der Waals surface area contributed by atoms with Gasteiger partial charge in [0.25, 0.3) is 0 Å². The lowest BCUT2D eigenvalue weighted by Crippen LogP contribution is -2.39. The number of thioether (sulfide) groups is 1. The zero-order valence-electron chi connectivity index (χ0n) is 14.9. The normalized spacial score (nSPS) is 17.2. The van der Waals surface area contributed by atoms with Crippen molar-refractivity contribution in [3.63, 3.8) is 0 Å². The lowest BCUT2D eigenvalue weighted by Gasteiger charge is -2.31. The van der Waals surface area contributed by atoms with Crippen LogP contribution in [0.5, 0.6) is 0 Å². The van der Waals surface area contributed by atoms with Gasteiger partial charge in [-0.15, -0.1) is 22.0 Å². The number of hydrogen-bond donors (Lipinski definition) is 0. The van der Waals surface area contributed by atoms with Crippen molar-refractivity contribution in [2.24, 2.45) is 0 Å². The van der Waals surface area contributed by atoms with Crippen LogP contribution in [0.25, 0.3) is 11.5 Å². The van der Waals surface area contributed by atoms with Crippen LogP contribution in [0.4, 0.5) is 0 Å². The average molecular weight is 400 g/mol. The summed E-state index contributed by atoms with van der Waals surface area (Å²) in [5.41, 5.74) is 0.959. The van der Waals surface area contributed by atoms with Crippen LogP contribution in [-0.2, 0) is 4.79 Å². The Morgan fingerprint density at radius 1 is 1.26 bits per heavy atom. The first-order valence-electron chi connectivity index (χ1n) is 9.11. The van der Waals surface area contributed by atoms with Gasteiger partial charge in [-0.2, -0.15) is 11.3 Å². The fourth-order valence-corrected chi connectivity index (χ4v) is 4.73. The Balaban J connectivity index is 1.32. The monoisotopic (exact) mass is 399 g/mol. The molecule has 1 saturated heterocycles. The van der Waals surface area contributed by atoms with E-state index in [1.165, 1.54) is 4.90 Å². The van der Waals surface area contributed by atoms with E-state index in [-0.39, 0.29) is 11.8 Å². The van der Waals surface area contributed by atoms with E-state index in [0.29, 0.717) is 24.7 Å². The third-order valence-corrected chi connectivity index (χ3v) is 6.36. The molecule has 0 spiro atoms. The second kappa shape index (κ2) is 8.71. The van der Waals surface area contributed by atoms with Gasteiger partial charge in [0.05, 0.1) is 5.92 Å². The summed E-state index contributed by atoms with van der Waals surface area (Å²) >= 11 is 3.33. The predicted octanol–water partition coefficient (Wildman–Crippen LogP) is 4.69. The zero-order chi connectivity index (χ0) is 18.5. The number of thiophene rings is 1. The highest BCUT2D eigenvalue weighted by Crippen LogP contribution is 2.29. The average Bonchev–Trinajstić information content (AvgIpc) is 3.40. The van der Waals surface area contributed by atoms with Gasteiger partial charge in [0.2, 0.25) is 17.7 Å². The summed E-state index contributed by atoms with van der Waals surface area (Å²) in [6.07, 6.45) is 2.50. The van der Waals surface area contributed by atoms with Gasteiger partial charge in [-0.25, -0.2) is 0 Å². The molecule has 0 N–H and O–H groups in total. The summed E-state index contributed by atoms with van der Waals surface area (Å²) in [7, 11) is 0. The highest BCUT2D eigenvalue weighted by atomic mass is 32.2. The molecule has 27 heavy (non-hydrogen) atoms. The molecule has 1 aliphatic heterocycles. The molecule has 1 atom stereocenters. The first kappa shape index (κ1) is 18.3. The molecule has 1 aliphatic rings. The number of benzene rings is 1. The Morgan fingerprint density at radius 3 is 2.96 bits per heavy atom. The SMILES string of the molecule is O=C(CCSc1ccccc1)N1CCCC(c2nnc(-c3ccsc3)o2)C1. The molecular formula is C20H21N3O2S2. The van der Waals surface area contributed by atoms with Crippen molar-refractivity contribution in [1.82, 2.24) is 15.1 Å². The lowest BCUT2D eigenvalue weighted by atomic mass is 9.98. The number of amides is 1. The molecule has 3 aromatic rings. The Labute approximate surface area is 166 Å². The minimum Gasteiger partial charge on any atom is -0.420 e. The van der Waals surface area contributed by atoms with E-state index in [9.17, 15) is 4.79 Å². The Bertz CT molecular complexity index is 865. The topological polar surface area (TPSA) is 59.2 Å². The second-order valence-corrected chi connectivity index (χ2v) is 8.50. The molecule has 3 heterocycles. The van der Waals surface area contributed by atoms with Crippen molar-refractivity contribution in [1.29, 1.82) is 0 Å². The summed E-state index contributed by atoms with van der Waals surface area (Å²) in [5, 5.41) is 12.4. The fraction of sp³-hybridized carbons (Fsp3) is 0.350. The van der Waals surface area contributed by atoms with Crippen LogP contribution in [0, 0.1) is 0 Å². The highest BCUT2D eigenvalue weighted by molar-refractivity contribution is 7.99. The molecule has 0 aliphatic carbocycles. The van der Waals surface area contributed by atoms with E-state index in [4.69, 9.17) is 4.42 Å². The molecule has 7 heteroatoms. The van der Waals surface area contributed by atoms with E-state index in [1.54, 1.807) is 23.1 Å². The van der Waals surface area contributed by atoms with Gasteiger partial charge >= 0.3 is 0 Å². The number of nitrogens with zero attached hydrogens (tertiary/aromatic N) is 3. The Kier molecular flexibility index (Phi) is 5.89.